The second-order valence-corrected chi connectivity index (χ2v) is 7.36. The van der Waals surface area contributed by atoms with E-state index in [2.05, 4.69) is 10.2 Å². The normalized spacial score (nSPS) is 17.7. The molecular formula is C15H16ClN3O2S. The Labute approximate surface area is 136 Å². The van der Waals surface area contributed by atoms with Crippen LogP contribution in [0.4, 0.5) is 0 Å². The Morgan fingerprint density at radius 1 is 1.36 bits per heavy atom. The van der Waals surface area contributed by atoms with Crippen LogP contribution in [-0.2, 0) is 28.1 Å². The van der Waals surface area contributed by atoms with Gasteiger partial charge in [0.15, 0.2) is 5.78 Å². The van der Waals surface area contributed by atoms with Crippen LogP contribution in [0.3, 0.4) is 0 Å². The van der Waals surface area contributed by atoms with Crippen LogP contribution in [0.5, 0.6) is 0 Å². The van der Waals surface area contributed by atoms with Gasteiger partial charge in [-0.25, -0.2) is 0 Å². The summed E-state index contributed by atoms with van der Waals surface area (Å²) in [5.74, 6) is -0.0304. The fraction of sp³-hybridized carbons (Fsp3) is 0.400. The number of aromatic nitrogens is 3. The molecule has 0 spiro atoms. The first-order valence-electron chi connectivity index (χ1n) is 7.05. The molecular weight excluding hydrogens is 322 g/mol. The van der Waals surface area contributed by atoms with Crippen LogP contribution >= 0.6 is 11.6 Å². The van der Waals surface area contributed by atoms with E-state index in [1.807, 2.05) is 12.1 Å². The maximum atomic E-state index is 12.8. The average Bonchev–Trinajstić information content (AvgIpc) is 2.86. The lowest BCUT2D eigenvalue weighted by molar-refractivity contribution is -0.125. The first-order valence-corrected chi connectivity index (χ1v) is 8.74. The highest BCUT2D eigenvalue weighted by Gasteiger charge is 2.45. The van der Waals surface area contributed by atoms with E-state index in [9.17, 15) is 9.00 Å². The minimum absolute atomic E-state index is 0.00223. The number of carbonyl (C=O) groups excluding carboxylic acids is 1. The molecule has 116 valence electrons. The number of rotatable bonds is 5. The molecule has 3 rings (SSSR count). The molecule has 22 heavy (non-hydrogen) atoms. The molecule has 0 N–H and O–H groups in total. The highest BCUT2D eigenvalue weighted by atomic mass is 35.5. The fourth-order valence-corrected chi connectivity index (χ4v) is 4.10. The lowest BCUT2D eigenvalue weighted by Crippen LogP contribution is -2.44. The second-order valence-electron chi connectivity index (χ2n) is 5.58. The summed E-state index contributed by atoms with van der Waals surface area (Å²) in [5, 5.41) is 8.51. The molecule has 0 amide bonds. The molecule has 5 nitrogen and oxygen atoms in total. The Balaban J connectivity index is 1.82. The average molecular weight is 338 g/mol. The van der Waals surface area contributed by atoms with Crippen molar-refractivity contribution in [1.82, 2.24) is 14.8 Å². The molecule has 1 fully saturated rings. The monoisotopic (exact) mass is 337 g/mol. The molecule has 1 aliphatic rings. The minimum Gasteiger partial charge on any atom is -0.310 e. The summed E-state index contributed by atoms with van der Waals surface area (Å²) in [5.41, 5.74) is 0.446. The summed E-state index contributed by atoms with van der Waals surface area (Å²) in [6.45, 7) is 0. The van der Waals surface area contributed by atoms with Gasteiger partial charge in [-0.15, -0.1) is 10.2 Å². The van der Waals surface area contributed by atoms with Crippen LogP contribution in [0, 0.1) is 0 Å². The van der Waals surface area contributed by atoms with Gasteiger partial charge in [0.1, 0.15) is 6.33 Å². The van der Waals surface area contributed by atoms with E-state index in [4.69, 9.17) is 11.6 Å². The van der Waals surface area contributed by atoms with Gasteiger partial charge >= 0.3 is 0 Å². The number of nitrogens with zero attached hydrogens (tertiary/aromatic N) is 3. The number of halogens is 1. The zero-order chi connectivity index (χ0) is 15.7. The van der Waals surface area contributed by atoms with Crippen LogP contribution in [-0.4, -0.2) is 30.5 Å². The molecule has 1 heterocycles. The van der Waals surface area contributed by atoms with Crippen molar-refractivity contribution in [3.63, 3.8) is 0 Å². The zero-order valence-electron chi connectivity index (χ0n) is 12.2. The molecule has 7 heteroatoms. The Kier molecular flexibility index (Phi) is 4.14. The van der Waals surface area contributed by atoms with Crippen molar-refractivity contribution >= 4 is 28.2 Å². The molecule has 1 aromatic carbocycles. The quantitative estimate of drug-likeness (QED) is 0.839. The fourth-order valence-electron chi connectivity index (χ4n) is 2.83. The third-order valence-corrected chi connectivity index (χ3v) is 5.83. The van der Waals surface area contributed by atoms with Gasteiger partial charge in [-0.1, -0.05) is 30.2 Å². The lowest BCUT2D eigenvalue weighted by Gasteiger charge is -2.40. The van der Waals surface area contributed by atoms with Gasteiger partial charge in [0.25, 0.3) is 0 Å². The Bertz CT molecular complexity index is 723. The maximum absolute atomic E-state index is 12.8. The minimum atomic E-state index is -1.47. The number of hydrogen-bond donors (Lipinski definition) is 0. The van der Waals surface area contributed by atoms with E-state index in [0.29, 0.717) is 10.2 Å². The predicted octanol–water partition coefficient (Wildman–Crippen LogP) is 2.27. The second kappa shape index (κ2) is 5.93. The Morgan fingerprint density at radius 2 is 2.05 bits per heavy atom. The number of ketones is 1. The van der Waals surface area contributed by atoms with Gasteiger partial charge in [-0.2, -0.15) is 0 Å². The highest BCUT2D eigenvalue weighted by molar-refractivity contribution is 7.85. The van der Waals surface area contributed by atoms with Crippen LogP contribution in [0.2, 0.25) is 5.02 Å². The number of benzene rings is 1. The van der Waals surface area contributed by atoms with Crippen molar-refractivity contribution in [2.45, 2.75) is 29.8 Å². The summed E-state index contributed by atoms with van der Waals surface area (Å²) < 4.78 is 13.9. The van der Waals surface area contributed by atoms with E-state index in [1.165, 1.54) is 6.33 Å². The zero-order valence-corrected chi connectivity index (χ0v) is 13.7. The summed E-state index contributed by atoms with van der Waals surface area (Å²) in [6, 6.07) is 7.38. The van der Waals surface area contributed by atoms with Crippen molar-refractivity contribution < 1.29 is 9.00 Å². The van der Waals surface area contributed by atoms with Crippen LogP contribution in [0.25, 0.3) is 0 Å². The number of hydrogen-bond acceptors (Lipinski definition) is 4. The van der Waals surface area contributed by atoms with Gasteiger partial charge in [-0.05, 0) is 30.5 Å². The lowest BCUT2D eigenvalue weighted by atomic mass is 9.62. The molecule has 0 saturated heterocycles. The van der Waals surface area contributed by atoms with Crippen molar-refractivity contribution in [2.24, 2.45) is 7.05 Å². The van der Waals surface area contributed by atoms with Crippen LogP contribution in [0.1, 0.15) is 24.8 Å². The summed E-state index contributed by atoms with van der Waals surface area (Å²) in [4.78, 5) is 12.8. The molecule has 0 radical (unpaired) electrons. The summed E-state index contributed by atoms with van der Waals surface area (Å²) >= 11 is 5.92. The molecule has 1 aliphatic carbocycles. The van der Waals surface area contributed by atoms with E-state index >= 15 is 0 Å². The van der Waals surface area contributed by atoms with Gasteiger partial charge in [0, 0.05) is 12.1 Å². The topological polar surface area (TPSA) is 64.8 Å². The smallest absolute Gasteiger partial charge is 0.221 e. The maximum Gasteiger partial charge on any atom is 0.221 e. The van der Waals surface area contributed by atoms with E-state index in [-0.39, 0.29) is 11.5 Å². The first-order chi connectivity index (χ1) is 10.5. The van der Waals surface area contributed by atoms with Crippen molar-refractivity contribution in [1.29, 1.82) is 0 Å². The van der Waals surface area contributed by atoms with Crippen molar-refractivity contribution in [2.75, 3.05) is 5.75 Å². The van der Waals surface area contributed by atoms with E-state index in [1.54, 1.807) is 23.7 Å². The van der Waals surface area contributed by atoms with Gasteiger partial charge in [0.05, 0.1) is 22.0 Å². The molecule has 1 saturated carbocycles. The van der Waals surface area contributed by atoms with Gasteiger partial charge in [-0.3, -0.25) is 9.00 Å². The van der Waals surface area contributed by atoms with E-state index < -0.39 is 16.2 Å². The number of Topliss-reactive ketones (excluding diaryl/α,β-unsaturated/α-hetero) is 1. The third-order valence-electron chi connectivity index (χ3n) is 4.27. The van der Waals surface area contributed by atoms with Gasteiger partial charge < -0.3 is 4.57 Å². The van der Waals surface area contributed by atoms with Crippen molar-refractivity contribution in [3.05, 3.63) is 41.2 Å². The van der Waals surface area contributed by atoms with Crippen LogP contribution < -0.4 is 0 Å². The molecule has 1 unspecified atom stereocenters. The standard InChI is InChI=1S/C15H16ClN3O2S/c1-19-10-17-18-14(19)22(21)9-13(20)15(7-2-8-15)11-3-5-12(16)6-4-11/h3-6,10H,2,7-9H2,1H3. The third kappa shape index (κ3) is 2.61. The van der Waals surface area contributed by atoms with E-state index in [0.717, 1.165) is 24.8 Å². The molecule has 0 bridgehead atoms. The number of carbonyl (C=O) groups is 1. The predicted molar refractivity (Wildman–Crippen MR) is 84.3 cm³/mol. The highest BCUT2D eigenvalue weighted by Crippen LogP contribution is 2.45. The molecule has 1 aromatic heterocycles. The number of aryl methyl sites for hydroxylation is 1. The Hall–Kier alpha value is -1.53. The van der Waals surface area contributed by atoms with Crippen LogP contribution in [0.15, 0.2) is 35.7 Å². The Morgan fingerprint density at radius 3 is 2.55 bits per heavy atom. The molecule has 1 atom stereocenters. The molecule has 0 aliphatic heterocycles. The summed E-state index contributed by atoms with van der Waals surface area (Å²) in [7, 11) is 0.246. The van der Waals surface area contributed by atoms with Crippen molar-refractivity contribution in [3.8, 4) is 0 Å². The molecule has 2 aromatic rings. The first kappa shape index (κ1) is 15.4. The van der Waals surface area contributed by atoms with Gasteiger partial charge in [0.2, 0.25) is 5.16 Å². The SMILES string of the molecule is Cn1cnnc1S(=O)CC(=O)C1(c2ccc(Cl)cc2)CCC1. The largest absolute Gasteiger partial charge is 0.310 e. The summed E-state index contributed by atoms with van der Waals surface area (Å²) in [6.07, 6.45) is 4.08.